The van der Waals surface area contributed by atoms with Gasteiger partial charge in [0.05, 0.1) is 11.1 Å². The number of rotatable bonds is 2. The van der Waals surface area contributed by atoms with E-state index in [-0.39, 0.29) is 17.0 Å². The Balaban J connectivity index is 2.85. The molecule has 0 bridgehead atoms. The van der Waals surface area contributed by atoms with Gasteiger partial charge in [-0.1, -0.05) is 6.07 Å². The highest BCUT2D eigenvalue weighted by Gasteiger charge is 2.24. The minimum absolute atomic E-state index is 0.217. The summed E-state index contributed by atoms with van der Waals surface area (Å²) < 4.78 is 1.18. The Hall–Kier alpha value is -2.44. The number of hydrogen-bond donors (Lipinski definition) is 0. The maximum Gasteiger partial charge on any atom is 0.335 e. The van der Waals surface area contributed by atoms with Crippen LogP contribution < -0.4 is 0 Å². The van der Waals surface area contributed by atoms with E-state index < -0.39 is 9.85 Å². The Labute approximate surface area is 82.9 Å². The van der Waals surface area contributed by atoms with Crippen molar-refractivity contribution in [3.63, 3.8) is 0 Å². The van der Waals surface area contributed by atoms with Crippen molar-refractivity contribution in [2.75, 3.05) is 0 Å². The molecule has 0 aliphatic rings. The molecular weight excluding hydrogens is 202 g/mol. The summed E-state index contributed by atoms with van der Waals surface area (Å²) >= 11 is 0. The molecule has 0 fully saturated rings. The Morgan fingerprint density at radius 2 is 1.87 bits per heavy atom. The molecule has 15 heavy (non-hydrogen) atoms. The van der Waals surface area contributed by atoms with E-state index in [2.05, 4.69) is 0 Å². The van der Waals surface area contributed by atoms with Crippen molar-refractivity contribution in [3.05, 3.63) is 50.7 Å². The van der Waals surface area contributed by atoms with Gasteiger partial charge in [0.25, 0.3) is 0 Å². The van der Waals surface area contributed by atoms with Crippen molar-refractivity contribution < 1.29 is 9.85 Å². The van der Waals surface area contributed by atoms with Crippen LogP contribution in [0.25, 0.3) is 5.52 Å². The first kappa shape index (κ1) is 9.13. The van der Waals surface area contributed by atoms with Gasteiger partial charge in [-0.25, -0.2) is 0 Å². The molecule has 0 spiro atoms. The van der Waals surface area contributed by atoms with Gasteiger partial charge in [0.1, 0.15) is 6.07 Å². The number of nitro groups is 2. The standard InChI is InChI=1S/C8H5N3O4/c12-10(13)7-5-8(11(14)15)9-4-2-1-3-6(7)9/h1-5H. The third-order valence-electron chi connectivity index (χ3n) is 2.02. The van der Waals surface area contributed by atoms with E-state index in [1.807, 2.05) is 0 Å². The van der Waals surface area contributed by atoms with Crippen molar-refractivity contribution in [2.24, 2.45) is 0 Å². The summed E-state index contributed by atoms with van der Waals surface area (Å²) in [4.78, 5) is 19.9. The molecule has 76 valence electrons. The molecule has 0 unspecified atom stereocenters. The number of hydrogen-bond acceptors (Lipinski definition) is 4. The third-order valence-corrected chi connectivity index (χ3v) is 2.02. The molecule has 2 heterocycles. The van der Waals surface area contributed by atoms with Crippen molar-refractivity contribution >= 4 is 17.0 Å². The molecule has 0 saturated heterocycles. The maximum atomic E-state index is 10.6. The van der Waals surface area contributed by atoms with Gasteiger partial charge >= 0.3 is 11.5 Å². The van der Waals surface area contributed by atoms with E-state index in [0.717, 1.165) is 6.07 Å². The molecule has 0 aliphatic heterocycles. The molecule has 2 rings (SSSR count). The predicted octanol–water partition coefficient (Wildman–Crippen LogP) is 1.76. The second kappa shape index (κ2) is 3.05. The minimum Gasteiger partial charge on any atom is -0.358 e. The van der Waals surface area contributed by atoms with Crippen LogP contribution in [0.5, 0.6) is 0 Å². The molecule has 0 aliphatic carbocycles. The van der Waals surface area contributed by atoms with Crippen LogP contribution in [-0.2, 0) is 0 Å². The summed E-state index contributed by atoms with van der Waals surface area (Å²) in [6, 6.07) is 5.58. The first-order valence-electron chi connectivity index (χ1n) is 4.00. The highest BCUT2D eigenvalue weighted by atomic mass is 16.6. The number of nitrogens with zero attached hydrogens (tertiary/aromatic N) is 3. The van der Waals surface area contributed by atoms with Gasteiger partial charge in [0, 0.05) is 0 Å². The zero-order valence-electron chi connectivity index (χ0n) is 7.36. The summed E-state index contributed by atoms with van der Waals surface area (Å²) in [5.74, 6) is -0.308. The Morgan fingerprint density at radius 1 is 1.13 bits per heavy atom. The largest absolute Gasteiger partial charge is 0.358 e. The normalized spacial score (nSPS) is 10.4. The highest BCUT2D eigenvalue weighted by Crippen LogP contribution is 2.28. The molecule has 0 radical (unpaired) electrons. The lowest BCUT2D eigenvalue weighted by molar-refractivity contribution is -0.393. The van der Waals surface area contributed by atoms with Crippen LogP contribution in [0.4, 0.5) is 11.5 Å². The lowest BCUT2D eigenvalue weighted by atomic mass is 10.4. The van der Waals surface area contributed by atoms with Gasteiger partial charge < -0.3 is 10.1 Å². The molecule has 2 aromatic heterocycles. The van der Waals surface area contributed by atoms with E-state index in [1.165, 1.54) is 16.7 Å². The van der Waals surface area contributed by atoms with Crippen molar-refractivity contribution in [1.82, 2.24) is 4.40 Å². The van der Waals surface area contributed by atoms with Gasteiger partial charge in [0.2, 0.25) is 5.52 Å². The quantitative estimate of drug-likeness (QED) is 0.554. The van der Waals surface area contributed by atoms with Crippen LogP contribution in [0, 0.1) is 20.2 Å². The van der Waals surface area contributed by atoms with Crippen LogP contribution in [0.2, 0.25) is 0 Å². The van der Waals surface area contributed by atoms with Crippen molar-refractivity contribution in [3.8, 4) is 0 Å². The van der Waals surface area contributed by atoms with E-state index in [4.69, 9.17) is 0 Å². The molecule has 0 N–H and O–H groups in total. The van der Waals surface area contributed by atoms with Gasteiger partial charge in [0.15, 0.2) is 0 Å². The second-order valence-electron chi connectivity index (χ2n) is 2.86. The zero-order valence-corrected chi connectivity index (χ0v) is 7.36. The SMILES string of the molecule is O=[N+]([O-])c1cc([N+](=O)[O-])n2ccccc12. The molecule has 0 saturated carbocycles. The maximum absolute atomic E-state index is 10.6. The second-order valence-corrected chi connectivity index (χ2v) is 2.86. The summed E-state index contributed by atoms with van der Waals surface area (Å²) in [6.07, 6.45) is 1.42. The Kier molecular flexibility index (Phi) is 1.86. The van der Waals surface area contributed by atoms with E-state index in [0.29, 0.717) is 0 Å². The summed E-state index contributed by atoms with van der Waals surface area (Å²) in [5, 5.41) is 21.2. The predicted molar refractivity (Wildman–Crippen MR) is 50.7 cm³/mol. The van der Waals surface area contributed by atoms with Gasteiger partial charge in [-0.15, -0.1) is 0 Å². The summed E-state index contributed by atoms with van der Waals surface area (Å²) in [5.41, 5.74) is -0.0449. The fraction of sp³-hybridized carbons (Fsp3) is 0. The fourth-order valence-corrected chi connectivity index (χ4v) is 1.40. The van der Waals surface area contributed by atoms with E-state index >= 15 is 0 Å². The average molecular weight is 207 g/mol. The molecular formula is C8H5N3O4. The van der Waals surface area contributed by atoms with Crippen molar-refractivity contribution in [2.45, 2.75) is 0 Å². The Morgan fingerprint density at radius 3 is 2.47 bits per heavy atom. The lowest BCUT2D eigenvalue weighted by Crippen LogP contribution is -1.92. The minimum atomic E-state index is -0.653. The number of fused-ring (bicyclic) bond motifs is 1. The average Bonchev–Trinajstić information content (AvgIpc) is 2.56. The van der Waals surface area contributed by atoms with E-state index in [9.17, 15) is 20.2 Å². The van der Waals surface area contributed by atoms with Gasteiger partial charge in [-0.3, -0.25) is 10.1 Å². The Bertz CT molecular complexity index is 512. The molecule has 0 amide bonds. The molecule has 0 atom stereocenters. The fourth-order valence-electron chi connectivity index (χ4n) is 1.40. The number of pyridine rings is 1. The summed E-state index contributed by atoms with van der Waals surface area (Å²) in [7, 11) is 0. The van der Waals surface area contributed by atoms with Crippen LogP contribution in [0.3, 0.4) is 0 Å². The van der Waals surface area contributed by atoms with Crippen LogP contribution >= 0.6 is 0 Å². The lowest BCUT2D eigenvalue weighted by Gasteiger charge is -1.91. The first-order chi connectivity index (χ1) is 7.11. The molecule has 2 aromatic rings. The molecule has 0 aromatic carbocycles. The smallest absolute Gasteiger partial charge is 0.335 e. The van der Waals surface area contributed by atoms with Gasteiger partial charge in [-0.2, -0.15) is 4.40 Å². The first-order valence-corrected chi connectivity index (χ1v) is 4.00. The van der Waals surface area contributed by atoms with Gasteiger partial charge in [-0.05, 0) is 17.1 Å². The van der Waals surface area contributed by atoms with E-state index in [1.54, 1.807) is 12.1 Å². The third kappa shape index (κ3) is 1.30. The van der Waals surface area contributed by atoms with Crippen LogP contribution in [0.1, 0.15) is 0 Å². The van der Waals surface area contributed by atoms with Crippen LogP contribution in [0.15, 0.2) is 30.5 Å². The molecule has 7 nitrogen and oxygen atoms in total. The zero-order chi connectivity index (χ0) is 11.0. The van der Waals surface area contributed by atoms with Crippen molar-refractivity contribution in [1.29, 1.82) is 0 Å². The molecule has 7 heteroatoms. The van der Waals surface area contributed by atoms with Crippen LogP contribution in [-0.4, -0.2) is 14.2 Å². The monoisotopic (exact) mass is 207 g/mol. The topological polar surface area (TPSA) is 90.7 Å². The highest BCUT2D eigenvalue weighted by molar-refractivity contribution is 5.70. The number of aromatic nitrogens is 1. The summed E-state index contributed by atoms with van der Waals surface area (Å²) in [6.45, 7) is 0.